The molecule has 0 bridgehead atoms. The average Bonchev–Trinajstić information content (AvgIpc) is 2.16. The maximum atomic E-state index is 11.0. The van der Waals surface area contributed by atoms with Crippen molar-refractivity contribution in [3.8, 4) is 0 Å². The Kier molecular flexibility index (Phi) is 6.64. The van der Waals surface area contributed by atoms with Gasteiger partial charge >= 0.3 is 0 Å². The fourth-order valence-electron chi connectivity index (χ4n) is 0.575. The standard InChI is InChI=1S/C9H18N2O4/c1-10(2)8(12)5-14-7-15-6-9(13)11(3)4/h5-7H2,1-4H3. The normalized spacial score (nSPS) is 9.87. The number of nitrogens with zero attached hydrogens (tertiary/aromatic N) is 2. The molecule has 0 N–H and O–H groups in total. The summed E-state index contributed by atoms with van der Waals surface area (Å²) in [6.07, 6.45) is 0. The van der Waals surface area contributed by atoms with Crippen LogP contribution in [0.25, 0.3) is 0 Å². The molecule has 0 aliphatic carbocycles. The number of ether oxygens (including phenoxy) is 2. The molecule has 0 atom stereocenters. The zero-order valence-corrected chi connectivity index (χ0v) is 9.65. The Balaban J connectivity index is 3.40. The van der Waals surface area contributed by atoms with Crippen LogP contribution in [-0.4, -0.2) is 69.8 Å². The predicted molar refractivity (Wildman–Crippen MR) is 54.2 cm³/mol. The molecule has 6 heteroatoms. The van der Waals surface area contributed by atoms with E-state index in [0.717, 1.165) is 0 Å². The van der Waals surface area contributed by atoms with E-state index in [1.165, 1.54) is 9.80 Å². The Labute approximate surface area is 89.7 Å². The van der Waals surface area contributed by atoms with E-state index in [1.54, 1.807) is 28.2 Å². The van der Waals surface area contributed by atoms with Crippen LogP contribution in [0, 0.1) is 0 Å². The summed E-state index contributed by atoms with van der Waals surface area (Å²) in [6, 6.07) is 0. The van der Waals surface area contributed by atoms with Gasteiger partial charge in [0.05, 0.1) is 0 Å². The minimum Gasteiger partial charge on any atom is -0.347 e. The van der Waals surface area contributed by atoms with Gasteiger partial charge in [-0.05, 0) is 0 Å². The van der Waals surface area contributed by atoms with Crippen LogP contribution in [-0.2, 0) is 19.1 Å². The summed E-state index contributed by atoms with van der Waals surface area (Å²) in [7, 11) is 6.56. The molecule has 0 saturated heterocycles. The Morgan fingerprint density at radius 3 is 1.47 bits per heavy atom. The van der Waals surface area contributed by atoms with Crippen LogP contribution in [0.2, 0.25) is 0 Å². The van der Waals surface area contributed by atoms with E-state index < -0.39 is 0 Å². The van der Waals surface area contributed by atoms with Gasteiger partial charge in [-0.1, -0.05) is 0 Å². The van der Waals surface area contributed by atoms with Gasteiger partial charge in [-0.25, -0.2) is 0 Å². The monoisotopic (exact) mass is 218 g/mol. The molecule has 0 aliphatic heterocycles. The van der Waals surface area contributed by atoms with Gasteiger partial charge in [0.15, 0.2) is 0 Å². The van der Waals surface area contributed by atoms with Crippen molar-refractivity contribution in [2.45, 2.75) is 0 Å². The van der Waals surface area contributed by atoms with E-state index in [0.29, 0.717) is 0 Å². The van der Waals surface area contributed by atoms with E-state index in [1.807, 2.05) is 0 Å². The molecule has 0 heterocycles. The Morgan fingerprint density at radius 2 is 1.20 bits per heavy atom. The molecule has 0 aromatic heterocycles. The minimum atomic E-state index is -0.141. The van der Waals surface area contributed by atoms with Gasteiger partial charge in [-0.2, -0.15) is 0 Å². The van der Waals surface area contributed by atoms with E-state index in [2.05, 4.69) is 0 Å². The molecule has 15 heavy (non-hydrogen) atoms. The summed E-state index contributed by atoms with van der Waals surface area (Å²) in [6.45, 7) is -0.133. The Bertz CT molecular complexity index is 194. The lowest BCUT2D eigenvalue weighted by molar-refractivity contribution is -0.145. The summed E-state index contributed by atoms with van der Waals surface area (Å²) in [4.78, 5) is 24.9. The van der Waals surface area contributed by atoms with Gasteiger partial charge < -0.3 is 19.3 Å². The van der Waals surface area contributed by atoms with Crippen molar-refractivity contribution in [1.82, 2.24) is 9.80 Å². The summed E-state index contributed by atoms with van der Waals surface area (Å²) in [5.41, 5.74) is 0. The highest BCUT2D eigenvalue weighted by atomic mass is 16.7. The number of hydrogen-bond acceptors (Lipinski definition) is 4. The van der Waals surface area contributed by atoms with Crippen LogP contribution in [0.1, 0.15) is 0 Å². The highest BCUT2D eigenvalue weighted by Crippen LogP contribution is 1.85. The van der Waals surface area contributed by atoms with E-state index in [4.69, 9.17) is 9.47 Å². The largest absolute Gasteiger partial charge is 0.347 e. The molecule has 2 amide bonds. The summed E-state index contributed by atoms with van der Waals surface area (Å²) < 4.78 is 9.81. The third-order valence-corrected chi connectivity index (χ3v) is 1.62. The maximum absolute atomic E-state index is 11.0. The van der Waals surface area contributed by atoms with Crippen LogP contribution >= 0.6 is 0 Å². The van der Waals surface area contributed by atoms with Crippen LogP contribution in [0.5, 0.6) is 0 Å². The van der Waals surface area contributed by atoms with Gasteiger partial charge in [0.2, 0.25) is 11.8 Å². The first-order valence-electron chi connectivity index (χ1n) is 4.51. The lowest BCUT2D eigenvalue weighted by Gasteiger charge is -2.12. The molecular formula is C9H18N2O4. The summed E-state index contributed by atoms with van der Waals surface area (Å²) in [5, 5.41) is 0. The molecule has 0 aliphatic rings. The molecule has 0 unspecified atom stereocenters. The minimum absolute atomic E-state index is 0.0385. The van der Waals surface area contributed by atoms with E-state index in [9.17, 15) is 9.59 Å². The van der Waals surface area contributed by atoms with Crippen molar-refractivity contribution in [2.24, 2.45) is 0 Å². The molecule has 0 aromatic carbocycles. The van der Waals surface area contributed by atoms with Gasteiger partial charge in [-0.15, -0.1) is 0 Å². The molecule has 0 saturated carbocycles. The van der Waals surface area contributed by atoms with Crippen molar-refractivity contribution in [1.29, 1.82) is 0 Å². The van der Waals surface area contributed by atoms with Gasteiger partial charge in [-0.3, -0.25) is 9.59 Å². The van der Waals surface area contributed by atoms with Crippen molar-refractivity contribution in [2.75, 3.05) is 48.2 Å². The molecule has 88 valence electrons. The molecule has 0 spiro atoms. The van der Waals surface area contributed by atoms with Gasteiger partial charge in [0.25, 0.3) is 0 Å². The van der Waals surface area contributed by atoms with Crippen molar-refractivity contribution < 1.29 is 19.1 Å². The zero-order chi connectivity index (χ0) is 11.8. The Morgan fingerprint density at radius 1 is 0.867 bits per heavy atom. The molecule has 0 aromatic rings. The zero-order valence-electron chi connectivity index (χ0n) is 9.65. The maximum Gasteiger partial charge on any atom is 0.248 e. The highest BCUT2D eigenvalue weighted by Gasteiger charge is 2.05. The molecular weight excluding hydrogens is 200 g/mol. The molecule has 6 nitrogen and oxygen atoms in total. The summed E-state index contributed by atoms with van der Waals surface area (Å²) >= 11 is 0. The Hall–Kier alpha value is -1.14. The number of hydrogen-bond donors (Lipinski definition) is 0. The lowest BCUT2D eigenvalue weighted by atomic mass is 10.6. The van der Waals surface area contributed by atoms with Crippen molar-refractivity contribution in [3.05, 3.63) is 0 Å². The second kappa shape index (κ2) is 7.19. The van der Waals surface area contributed by atoms with Crippen molar-refractivity contribution in [3.63, 3.8) is 0 Å². The van der Waals surface area contributed by atoms with Crippen molar-refractivity contribution >= 4 is 11.8 Å². The number of carbonyl (C=O) groups excluding carboxylic acids is 2. The number of carbonyl (C=O) groups is 2. The van der Waals surface area contributed by atoms with Crippen LogP contribution in [0.15, 0.2) is 0 Å². The topological polar surface area (TPSA) is 59.1 Å². The third kappa shape index (κ3) is 6.87. The quantitative estimate of drug-likeness (QED) is 0.430. The van der Waals surface area contributed by atoms with Crippen LogP contribution < -0.4 is 0 Å². The van der Waals surface area contributed by atoms with Gasteiger partial charge in [0, 0.05) is 28.2 Å². The smallest absolute Gasteiger partial charge is 0.248 e. The second-order valence-corrected chi connectivity index (χ2v) is 3.39. The first-order chi connectivity index (χ1) is 6.95. The highest BCUT2D eigenvalue weighted by molar-refractivity contribution is 5.77. The number of rotatable bonds is 6. The van der Waals surface area contributed by atoms with E-state index in [-0.39, 0.29) is 31.8 Å². The van der Waals surface area contributed by atoms with Crippen LogP contribution in [0.4, 0.5) is 0 Å². The first kappa shape index (κ1) is 13.9. The fourth-order valence-corrected chi connectivity index (χ4v) is 0.575. The number of amides is 2. The lowest BCUT2D eigenvalue weighted by Crippen LogP contribution is -2.28. The second-order valence-electron chi connectivity index (χ2n) is 3.39. The fraction of sp³-hybridized carbons (Fsp3) is 0.778. The third-order valence-electron chi connectivity index (χ3n) is 1.62. The molecule has 0 fully saturated rings. The number of likely N-dealkylation sites (N-methyl/N-ethyl adjacent to an activating group) is 2. The van der Waals surface area contributed by atoms with Gasteiger partial charge in [0.1, 0.15) is 20.0 Å². The summed E-state index contributed by atoms with van der Waals surface area (Å²) in [5.74, 6) is -0.282. The predicted octanol–water partition coefficient (Wildman–Crippen LogP) is -0.846. The van der Waals surface area contributed by atoms with E-state index >= 15 is 0 Å². The average molecular weight is 218 g/mol. The SMILES string of the molecule is CN(C)C(=O)COCOCC(=O)N(C)C. The molecule has 0 rings (SSSR count). The first-order valence-corrected chi connectivity index (χ1v) is 4.51. The van der Waals surface area contributed by atoms with Crippen LogP contribution in [0.3, 0.4) is 0 Å². The molecule has 0 radical (unpaired) electrons.